The van der Waals surface area contributed by atoms with Gasteiger partial charge in [0.1, 0.15) is 5.69 Å². The Kier molecular flexibility index (Phi) is 6.33. The Labute approximate surface area is 160 Å². The lowest BCUT2D eigenvalue weighted by Gasteiger charge is -2.35. The minimum Gasteiger partial charge on any atom is -0.377 e. The average molecular weight is 397 g/mol. The van der Waals surface area contributed by atoms with Gasteiger partial charge < -0.3 is 10.2 Å². The minimum atomic E-state index is -3.97. The number of benzene rings is 1. The molecule has 2 fully saturated rings. The number of nitrogens with zero attached hydrogens (tertiary/aromatic N) is 2. The second-order valence-corrected chi connectivity index (χ2v) is 9.27. The van der Waals surface area contributed by atoms with Crippen LogP contribution in [0.5, 0.6) is 0 Å². The number of nitrogens with two attached hydrogens (primary N) is 1. The summed E-state index contributed by atoms with van der Waals surface area (Å²) in [6.07, 6.45) is 8.57. The second kappa shape index (κ2) is 8.53. The SMILES string of the molecule is NS(=O)(=O)c1ccc(NC2CCN(CC3CCCCC3)CC2)c([N+](=O)[O-])c1. The number of nitro groups is 1. The number of sulfonamides is 1. The number of hydrogen-bond acceptors (Lipinski definition) is 6. The van der Waals surface area contributed by atoms with Crippen molar-refractivity contribution in [3.63, 3.8) is 0 Å². The molecule has 1 saturated carbocycles. The van der Waals surface area contributed by atoms with Crippen molar-refractivity contribution in [2.45, 2.75) is 55.9 Å². The maximum atomic E-state index is 11.4. The van der Waals surface area contributed by atoms with Crippen LogP contribution in [0.25, 0.3) is 0 Å². The van der Waals surface area contributed by atoms with Gasteiger partial charge in [0.2, 0.25) is 10.0 Å². The summed E-state index contributed by atoms with van der Waals surface area (Å²) in [4.78, 5) is 13.0. The zero-order chi connectivity index (χ0) is 19.4. The summed E-state index contributed by atoms with van der Waals surface area (Å²) in [6, 6.07) is 3.91. The van der Waals surface area contributed by atoms with E-state index in [0.717, 1.165) is 44.5 Å². The first kappa shape index (κ1) is 20.0. The summed E-state index contributed by atoms with van der Waals surface area (Å²) in [6.45, 7) is 3.13. The molecule has 1 aliphatic heterocycles. The Bertz CT molecular complexity index is 770. The number of primary sulfonamides is 1. The van der Waals surface area contributed by atoms with Gasteiger partial charge in [-0.25, -0.2) is 13.6 Å². The molecule has 2 aliphatic rings. The maximum Gasteiger partial charge on any atom is 0.293 e. The van der Waals surface area contributed by atoms with Gasteiger partial charge in [0.25, 0.3) is 5.69 Å². The molecule has 9 heteroatoms. The molecule has 1 aromatic rings. The van der Waals surface area contributed by atoms with Crippen molar-refractivity contribution in [1.29, 1.82) is 0 Å². The third kappa shape index (κ3) is 5.40. The fourth-order valence-electron chi connectivity index (χ4n) is 4.18. The van der Waals surface area contributed by atoms with Crippen LogP contribution in [0.3, 0.4) is 0 Å². The molecule has 0 bridgehead atoms. The Hall–Kier alpha value is -1.71. The van der Waals surface area contributed by atoms with Gasteiger partial charge in [-0.2, -0.15) is 0 Å². The smallest absolute Gasteiger partial charge is 0.293 e. The third-order valence-electron chi connectivity index (χ3n) is 5.68. The molecule has 0 spiro atoms. The summed E-state index contributed by atoms with van der Waals surface area (Å²) < 4.78 is 22.9. The van der Waals surface area contributed by atoms with E-state index in [1.54, 1.807) is 0 Å². The Morgan fingerprint density at radius 2 is 1.81 bits per heavy atom. The molecule has 0 atom stereocenters. The Morgan fingerprint density at radius 1 is 1.15 bits per heavy atom. The zero-order valence-electron chi connectivity index (χ0n) is 15.5. The zero-order valence-corrected chi connectivity index (χ0v) is 16.3. The van der Waals surface area contributed by atoms with Crippen molar-refractivity contribution in [3.05, 3.63) is 28.3 Å². The lowest BCUT2D eigenvalue weighted by Crippen LogP contribution is -2.41. The van der Waals surface area contributed by atoms with Crippen LogP contribution in [-0.2, 0) is 10.0 Å². The monoisotopic (exact) mass is 396 g/mol. The lowest BCUT2D eigenvalue weighted by atomic mass is 9.88. The van der Waals surface area contributed by atoms with E-state index >= 15 is 0 Å². The van der Waals surface area contributed by atoms with E-state index in [4.69, 9.17) is 5.14 Å². The fraction of sp³-hybridized carbons (Fsp3) is 0.667. The normalized spacial score (nSPS) is 20.5. The van der Waals surface area contributed by atoms with Crippen LogP contribution in [0.15, 0.2) is 23.1 Å². The van der Waals surface area contributed by atoms with Crippen LogP contribution in [0.1, 0.15) is 44.9 Å². The molecular weight excluding hydrogens is 368 g/mol. The summed E-state index contributed by atoms with van der Waals surface area (Å²) >= 11 is 0. The van der Waals surface area contributed by atoms with E-state index in [0.29, 0.717) is 5.69 Å². The van der Waals surface area contributed by atoms with Crippen LogP contribution < -0.4 is 10.5 Å². The molecule has 150 valence electrons. The first-order chi connectivity index (χ1) is 12.8. The maximum absolute atomic E-state index is 11.4. The fourth-order valence-corrected chi connectivity index (χ4v) is 4.71. The second-order valence-electron chi connectivity index (χ2n) is 7.70. The number of hydrogen-bond donors (Lipinski definition) is 2. The van der Waals surface area contributed by atoms with Gasteiger partial charge in [0.05, 0.1) is 9.82 Å². The van der Waals surface area contributed by atoms with E-state index in [2.05, 4.69) is 10.2 Å². The van der Waals surface area contributed by atoms with Gasteiger partial charge in [-0.05, 0) is 43.7 Å². The lowest BCUT2D eigenvalue weighted by molar-refractivity contribution is -0.384. The molecule has 0 radical (unpaired) electrons. The highest BCUT2D eigenvalue weighted by molar-refractivity contribution is 7.89. The standard InChI is InChI=1S/C18H28N4O4S/c19-27(25,26)16-6-7-17(18(12-16)22(23)24)20-15-8-10-21(11-9-15)13-14-4-2-1-3-5-14/h6-7,12,14-15,20H,1-5,8-11,13H2,(H2,19,25,26). The number of anilines is 1. The summed E-state index contributed by atoms with van der Waals surface area (Å²) in [5.74, 6) is 0.815. The van der Waals surface area contributed by atoms with E-state index in [-0.39, 0.29) is 16.6 Å². The van der Waals surface area contributed by atoms with Gasteiger partial charge in [0, 0.05) is 31.7 Å². The van der Waals surface area contributed by atoms with Crippen LogP contribution in [0.2, 0.25) is 0 Å². The first-order valence-electron chi connectivity index (χ1n) is 9.63. The summed E-state index contributed by atoms with van der Waals surface area (Å²) in [5.41, 5.74) is 0.0873. The number of rotatable bonds is 6. The van der Waals surface area contributed by atoms with Crippen molar-refractivity contribution >= 4 is 21.4 Å². The molecule has 1 aliphatic carbocycles. The molecule has 0 amide bonds. The molecule has 1 heterocycles. The van der Waals surface area contributed by atoms with Crippen molar-refractivity contribution in [3.8, 4) is 0 Å². The Balaban J connectivity index is 1.59. The first-order valence-corrected chi connectivity index (χ1v) is 11.2. The minimum absolute atomic E-state index is 0.145. The van der Waals surface area contributed by atoms with Gasteiger partial charge in [-0.3, -0.25) is 10.1 Å². The number of piperidine rings is 1. The number of nitrogens with one attached hydrogen (secondary N) is 1. The highest BCUT2D eigenvalue weighted by Crippen LogP contribution is 2.30. The van der Waals surface area contributed by atoms with E-state index in [1.165, 1.54) is 44.2 Å². The highest BCUT2D eigenvalue weighted by Gasteiger charge is 2.25. The predicted molar refractivity (Wildman–Crippen MR) is 104 cm³/mol. The van der Waals surface area contributed by atoms with Gasteiger partial charge in [-0.15, -0.1) is 0 Å². The van der Waals surface area contributed by atoms with E-state index in [1.807, 2.05) is 0 Å². The van der Waals surface area contributed by atoms with Gasteiger partial charge >= 0.3 is 0 Å². The molecule has 0 aromatic heterocycles. The van der Waals surface area contributed by atoms with Gasteiger partial charge in [0.15, 0.2) is 0 Å². The van der Waals surface area contributed by atoms with Crippen molar-refractivity contribution in [2.24, 2.45) is 11.1 Å². The summed E-state index contributed by atoms with van der Waals surface area (Å²) in [5, 5.41) is 19.6. The van der Waals surface area contributed by atoms with Crippen molar-refractivity contribution in [1.82, 2.24) is 4.90 Å². The van der Waals surface area contributed by atoms with E-state index < -0.39 is 14.9 Å². The third-order valence-corrected chi connectivity index (χ3v) is 6.59. The number of likely N-dealkylation sites (tertiary alicyclic amines) is 1. The molecule has 8 nitrogen and oxygen atoms in total. The molecule has 3 N–H and O–H groups in total. The van der Waals surface area contributed by atoms with Crippen LogP contribution in [0, 0.1) is 16.0 Å². The molecule has 1 aromatic carbocycles. The molecule has 3 rings (SSSR count). The largest absolute Gasteiger partial charge is 0.377 e. The summed E-state index contributed by atoms with van der Waals surface area (Å²) in [7, 11) is -3.97. The van der Waals surface area contributed by atoms with E-state index in [9.17, 15) is 18.5 Å². The topological polar surface area (TPSA) is 119 Å². The highest BCUT2D eigenvalue weighted by atomic mass is 32.2. The van der Waals surface area contributed by atoms with Crippen LogP contribution in [-0.4, -0.2) is 43.9 Å². The van der Waals surface area contributed by atoms with Crippen molar-refractivity contribution in [2.75, 3.05) is 25.0 Å². The predicted octanol–water partition coefficient (Wildman–Crippen LogP) is 2.70. The molecule has 0 unspecified atom stereocenters. The Morgan fingerprint density at radius 3 is 2.41 bits per heavy atom. The quantitative estimate of drug-likeness (QED) is 0.564. The van der Waals surface area contributed by atoms with Crippen LogP contribution >= 0.6 is 0 Å². The molecule has 27 heavy (non-hydrogen) atoms. The average Bonchev–Trinajstić information content (AvgIpc) is 2.63. The van der Waals surface area contributed by atoms with Crippen LogP contribution in [0.4, 0.5) is 11.4 Å². The number of nitro benzene ring substituents is 1. The molecular formula is C18H28N4O4S. The van der Waals surface area contributed by atoms with Gasteiger partial charge in [-0.1, -0.05) is 19.3 Å². The molecule has 1 saturated heterocycles. The van der Waals surface area contributed by atoms with Crippen molar-refractivity contribution < 1.29 is 13.3 Å².